The number of carboxylic acids is 3. The second kappa shape index (κ2) is 17.8. The first-order valence-electron chi connectivity index (χ1n) is 22.8. The molecule has 5 aromatic rings. The Morgan fingerprint density at radius 1 is 0.866 bits per heavy atom. The number of rotatable bonds is 18. The normalized spacial score (nSPS) is 24.3. The number of nitrogens with zero attached hydrogens (tertiary/aromatic N) is 5. The number of hydrogen-bond acceptors (Lipinski definition) is 12. The molecule has 4 aliphatic carbocycles. The molecule has 18 heteroatoms. The molecular formula is C49H56N8O9S. The fraction of sp³-hybridized carbons (Fsp3) is 0.469. The number of carbonyl (C=O) groups is 5. The topological polar surface area (TPSA) is 238 Å². The third-order valence-corrected chi connectivity index (χ3v) is 15.2. The summed E-state index contributed by atoms with van der Waals surface area (Å²) in [5.74, 6) is -3.64. The lowest BCUT2D eigenvalue weighted by molar-refractivity contribution is -0.247. The lowest BCUT2D eigenvalue weighted by Gasteiger charge is -2.69. The van der Waals surface area contributed by atoms with Crippen molar-refractivity contribution in [2.24, 2.45) is 16.2 Å². The molecule has 4 heterocycles. The van der Waals surface area contributed by atoms with Crippen LogP contribution in [-0.2, 0) is 38.6 Å². The highest BCUT2D eigenvalue weighted by atomic mass is 32.1. The fourth-order valence-electron chi connectivity index (χ4n) is 12.8. The highest BCUT2D eigenvalue weighted by Crippen LogP contribution is 2.72. The highest BCUT2D eigenvalue weighted by Gasteiger charge is 2.66. The van der Waals surface area contributed by atoms with Crippen molar-refractivity contribution in [1.29, 1.82) is 0 Å². The number of carboxylic acid groups (broad SMARTS) is 3. The number of benzene rings is 2. The molecule has 5 aliphatic rings. The monoisotopic (exact) mass is 932 g/mol. The number of para-hydroxylation sites is 1. The maximum absolute atomic E-state index is 13.7. The summed E-state index contributed by atoms with van der Waals surface area (Å²) in [5, 5.41) is 42.8. The van der Waals surface area contributed by atoms with E-state index in [4.69, 9.17) is 19.9 Å². The summed E-state index contributed by atoms with van der Waals surface area (Å²) in [4.78, 5) is 73.3. The Balaban J connectivity index is 0.891. The second-order valence-electron chi connectivity index (χ2n) is 20.0. The second-order valence-corrected chi connectivity index (χ2v) is 21.0. The zero-order valence-electron chi connectivity index (χ0n) is 37.9. The number of hydrogen-bond donors (Lipinski definition) is 6. The van der Waals surface area contributed by atoms with E-state index in [2.05, 4.69) is 34.8 Å². The van der Waals surface area contributed by atoms with E-state index in [0.717, 1.165) is 65.6 Å². The smallest absolute Gasteiger partial charge is 0.355 e. The van der Waals surface area contributed by atoms with Gasteiger partial charge in [0.2, 0.25) is 5.91 Å². The minimum absolute atomic E-state index is 0.0173. The van der Waals surface area contributed by atoms with Gasteiger partial charge < -0.3 is 35.6 Å². The molecule has 4 saturated carbocycles. The van der Waals surface area contributed by atoms with Gasteiger partial charge in [0.25, 0.3) is 5.91 Å². The molecular weight excluding hydrogens is 877 g/mol. The maximum Gasteiger partial charge on any atom is 0.355 e. The summed E-state index contributed by atoms with van der Waals surface area (Å²) in [7, 11) is 0. The number of pyridine rings is 1. The van der Waals surface area contributed by atoms with E-state index < -0.39 is 41.9 Å². The number of fused-ring (bicyclic) bond motifs is 2. The fourth-order valence-corrected chi connectivity index (χ4v) is 13.6. The van der Waals surface area contributed by atoms with Crippen molar-refractivity contribution in [3.63, 3.8) is 0 Å². The van der Waals surface area contributed by atoms with Crippen molar-refractivity contribution in [2.45, 2.75) is 103 Å². The first-order valence-corrected chi connectivity index (χ1v) is 23.6. The van der Waals surface area contributed by atoms with Gasteiger partial charge >= 0.3 is 17.9 Å². The minimum Gasteiger partial charge on any atom is -0.481 e. The molecule has 6 N–H and O–H groups in total. The van der Waals surface area contributed by atoms with E-state index in [-0.39, 0.29) is 54.0 Å². The molecule has 2 aromatic carbocycles. The van der Waals surface area contributed by atoms with Crippen LogP contribution in [0.25, 0.3) is 21.3 Å². The maximum atomic E-state index is 13.7. The summed E-state index contributed by atoms with van der Waals surface area (Å²) in [6.07, 6.45) is 7.30. The number of aliphatic carboxylic acids is 2. The summed E-state index contributed by atoms with van der Waals surface area (Å²) in [6, 6.07) is 16.0. The van der Waals surface area contributed by atoms with Crippen LogP contribution in [0.15, 0.2) is 60.8 Å². The van der Waals surface area contributed by atoms with Crippen LogP contribution >= 0.6 is 11.3 Å². The van der Waals surface area contributed by atoms with E-state index in [1.165, 1.54) is 11.3 Å². The van der Waals surface area contributed by atoms with Crippen LogP contribution in [0.2, 0.25) is 0 Å². The van der Waals surface area contributed by atoms with Gasteiger partial charge in [-0.25, -0.2) is 14.8 Å². The van der Waals surface area contributed by atoms with Gasteiger partial charge in [-0.1, -0.05) is 49.4 Å². The van der Waals surface area contributed by atoms with Crippen LogP contribution < -0.4 is 20.9 Å². The van der Waals surface area contributed by atoms with Crippen LogP contribution in [0, 0.1) is 23.2 Å². The number of anilines is 2. The number of amides is 2. The third-order valence-electron chi connectivity index (χ3n) is 14.2. The quantitative estimate of drug-likeness (QED) is 0.0512. The Morgan fingerprint density at radius 2 is 1.64 bits per heavy atom. The number of ether oxygens (including phenoxy) is 1. The molecule has 67 heavy (non-hydrogen) atoms. The Kier molecular flexibility index (Phi) is 12.2. The SMILES string of the molecule is Cc1c(-c2ccc(N3CCc4cccc(C(=O)Nc5nc6ccccc6s5)c4C3)nc2C(=O)O)cnn1CC12CC3(C)CC(C)(C1)CC(OCCNC(=O)C(CC(=O)O)NCCC(=O)O)(C3)C2. The largest absolute Gasteiger partial charge is 0.481 e. The number of aromatic nitrogens is 4. The average Bonchev–Trinajstić information content (AvgIpc) is 3.83. The molecule has 3 unspecified atom stereocenters. The summed E-state index contributed by atoms with van der Waals surface area (Å²) in [6.45, 7) is 8.62. The molecule has 17 nitrogen and oxygen atoms in total. The van der Waals surface area contributed by atoms with Gasteiger partial charge in [-0.2, -0.15) is 5.10 Å². The van der Waals surface area contributed by atoms with E-state index in [1.54, 1.807) is 12.3 Å². The van der Waals surface area contributed by atoms with Gasteiger partial charge in [0.15, 0.2) is 10.8 Å². The molecule has 1 aliphatic heterocycles. The van der Waals surface area contributed by atoms with Crippen LogP contribution in [0.4, 0.5) is 10.9 Å². The lowest BCUT2D eigenvalue weighted by atomic mass is 9.39. The molecule has 4 bridgehead atoms. The molecule has 10 rings (SSSR count). The molecule has 2 amide bonds. The van der Waals surface area contributed by atoms with Crippen molar-refractivity contribution in [1.82, 2.24) is 30.4 Å². The number of nitrogens with one attached hydrogen (secondary N) is 3. The van der Waals surface area contributed by atoms with Crippen LogP contribution in [0.5, 0.6) is 0 Å². The molecule has 0 saturated heterocycles. The van der Waals surface area contributed by atoms with Crippen LogP contribution in [-0.4, -0.2) is 103 Å². The standard InChI is InChI=1S/C49H56N8O9S/c1-29-33(31-11-12-38(54-41(31)44(64)65)56-17-14-30-7-6-8-32(34(30)21-56)42(62)55-45-53-35-9-4-5-10-37(35)67-45)20-52-57(29)28-48-23-46(2)22-47(3,24-48)26-49(25-46,27-48)66-18-16-51-43(63)36(19-40(60)61)50-15-13-39(58)59/h4-12,20,36,50H,13-19,21-28H2,1-3H3,(H,51,63)(H,58,59)(H,60,61)(H,64,65)(H,53,55,62). The zero-order valence-corrected chi connectivity index (χ0v) is 38.7. The van der Waals surface area contributed by atoms with E-state index >= 15 is 0 Å². The lowest BCUT2D eigenvalue weighted by Crippen LogP contribution is -2.64. The number of aromatic carboxylic acids is 1. The zero-order chi connectivity index (χ0) is 47.3. The van der Waals surface area contributed by atoms with E-state index in [1.807, 2.05) is 65.0 Å². The molecule has 3 atom stereocenters. The van der Waals surface area contributed by atoms with Crippen molar-refractivity contribution in [3.8, 4) is 11.1 Å². The Morgan fingerprint density at radius 3 is 2.37 bits per heavy atom. The molecule has 352 valence electrons. The van der Waals surface area contributed by atoms with Crippen molar-refractivity contribution >= 4 is 62.2 Å². The average molecular weight is 933 g/mol. The van der Waals surface area contributed by atoms with Crippen LogP contribution in [0.3, 0.4) is 0 Å². The van der Waals surface area contributed by atoms with E-state index in [9.17, 15) is 34.2 Å². The summed E-state index contributed by atoms with van der Waals surface area (Å²) in [5.41, 5.74) is 4.66. The van der Waals surface area contributed by atoms with Gasteiger partial charge in [-0.3, -0.25) is 29.2 Å². The third kappa shape index (κ3) is 9.51. The number of thiazole rings is 1. The Hall–Kier alpha value is -6.24. The predicted octanol–water partition coefficient (Wildman–Crippen LogP) is 6.54. The van der Waals surface area contributed by atoms with Crippen LogP contribution in [0.1, 0.15) is 103 Å². The van der Waals surface area contributed by atoms with Gasteiger partial charge in [0, 0.05) is 55.1 Å². The molecule has 0 radical (unpaired) electrons. The van der Waals surface area contributed by atoms with E-state index in [0.29, 0.717) is 53.7 Å². The molecule has 0 spiro atoms. The van der Waals surface area contributed by atoms with Crippen molar-refractivity contribution < 1.29 is 44.0 Å². The first kappa shape index (κ1) is 45.9. The van der Waals surface area contributed by atoms with Gasteiger partial charge in [-0.15, -0.1) is 0 Å². The van der Waals surface area contributed by atoms with Gasteiger partial charge in [0.1, 0.15) is 5.82 Å². The van der Waals surface area contributed by atoms with Crippen molar-refractivity contribution in [2.75, 3.05) is 36.5 Å². The van der Waals surface area contributed by atoms with Gasteiger partial charge in [-0.05, 0) is 110 Å². The first-order chi connectivity index (χ1) is 31.9. The Labute approximate surface area is 391 Å². The summed E-state index contributed by atoms with van der Waals surface area (Å²) < 4.78 is 9.77. The molecule has 3 aromatic heterocycles. The van der Waals surface area contributed by atoms with Crippen molar-refractivity contribution in [3.05, 3.63) is 88.9 Å². The number of carbonyl (C=O) groups excluding carboxylic acids is 2. The minimum atomic E-state index is -1.17. The summed E-state index contributed by atoms with van der Waals surface area (Å²) >= 11 is 1.42. The molecule has 4 fully saturated rings. The van der Waals surface area contributed by atoms with Gasteiger partial charge in [0.05, 0.1) is 47.5 Å². The predicted molar refractivity (Wildman–Crippen MR) is 250 cm³/mol. The highest BCUT2D eigenvalue weighted by molar-refractivity contribution is 7.22. The Bertz CT molecular complexity index is 2740.